The third-order valence-corrected chi connectivity index (χ3v) is 5.24. The van der Waals surface area contributed by atoms with Crippen molar-refractivity contribution in [3.63, 3.8) is 0 Å². The van der Waals surface area contributed by atoms with Crippen molar-refractivity contribution in [3.8, 4) is 0 Å². The number of non-ortho nitro benzene ring substituents is 1. The second-order valence-electron chi connectivity index (χ2n) is 4.83. The summed E-state index contributed by atoms with van der Waals surface area (Å²) >= 11 is 2.65. The van der Waals surface area contributed by atoms with E-state index in [1.165, 1.54) is 34.8 Å². The van der Waals surface area contributed by atoms with Crippen molar-refractivity contribution in [3.05, 3.63) is 55.5 Å². The van der Waals surface area contributed by atoms with Crippen LogP contribution in [-0.4, -0.2) is 29.1 Å². The molecule has 0 radical (unpaired) electrons. The van der Waals surface area contributed by atoms with Crippen LogP contribution in [0.1, 0.15) is 9.67 Å². The third-order valence-electron chi connectivity index (χ3n) is 3.32. The summed E-state index contributed by atoms with van der Waals surface area (Å²) in [5.74, 6) is -0.322. The first-order valence-corrected chi connectivity index (χ1v) is 8.69. The molecular formula is C15H13N3O4S2. The van der Waals surface area contributed by atoms with Crippen LogP contribution in [0.25, 0.3) is 10.2 Å². The number of thiazole rings is 1. The van der Waals surface area contributed by atoms with Crippen LogP contribution in [0.15, 0.2) is 40.7 Å². The van der Waals surface area contributed by atoms with Crippen LogP contribution in [0.2, 0.25) is 0 Å². The zero-order chi connectivity index (χ0) is 17.1. The van der Waals surface area contributed by atoms with Crippen molar-refractivity contribution < 1.29 is 14.5 Å². The molecule has 0 N–H and O–H groups in total. The minimum absolute atomic E-state index is 0.00241. The number of nitro groups is 1. The summed E-state index contributed by atoms with van der Waals surface area (Å²) in [6, 6.07) is 8.13. The van der Waals surface area contributed by atoms with E-state index in [1.54, 1.807) is 29.9 Å². The Hall–Kier alpha value is -2.36. The highest BCUT2D eigenvalue weighted by atomic mass is 32.1. The van der Waals surface area contributed by atoms with E-state index >= 15 is 0 Å². The lowest BCUT2D eigenvalue weighted by molar-refractivity contribution is -0.384. The lowest BCUT2D eigenvalue weighted by atomic mass is 10.3. The zero-order valence-electron chi connectivity index (χ0n) is 12.7. The largest absolute Gasteiger partial charge is 0.383 e. The Bertz CT molecular complexity index is 957. The molecule has 0 atom stereocenters. The highest BCUT2D eigenvalue weighted by molar-refractivity contribution is 7.16. The summed E-state index contributed by atoms with van der Waals surface area (Å²) in [5.41, 5.74) is 0.673. The monoisotopic (exact) mass is 363 g/mol. The van der Waals surface area contributed by atoms with E-state index in [2.05, 4.69) is 4.99 Å². The molecule has 3 rings (SSSR count). The van der Waals surface area contributed by atoms with Crippen LogP contribution in [0.5, 0.6) is 0 Å². The van der Waals surface area contributed by atoms with E-state index in [1.807, 2.05) is 5.38 Å². The number of nitrogens with zero attached hydrogens (tertiary/aromatic N) is 3. The molecule has 24 heavy (non-hydrogen) atoms. The first-order chi connectivity index (χ1) is 11.6. The van der Waals surface area contributed by atoms with Gasteiger partial charge in [0.25, 0.3) is 11.6 Å². The van der Waals surface area contributed by atoms with Crippen LogP contribution >= 0.6 is 22.7 Å². The maximum absolute atomic E-state index is 12.3. The molecular weight excluding hydrogens is 350 g/mol. The predicted molar refractivity (Wildman–Crippen MR) is 92.6 cm³/mol. The van der Waals surface area contributed by atoms with Gasteiger partial charge in [-0.05, 0) is 17.5 Å². The number of carbonyl (C=O) groups excluding carboxylic acids is 1. The van der Waals surface area contributed by atoms with Gasteiger partial charge < -0.3 is 9.30 Å². The average molecular weight is 363 g/mol. The van der Waals surface area contributed by atoms with E-state index in [9.17, 15) is 14.9 Å². The fourth-order valence-corrected chi connectivity index (χ4v) is 3.84. The Morgan fingerprint density at radius 3 is 2.92 bits per heavy atom. The quantitative estimate of drug-likeness (QED) is 0.515. The number of nitro benzene ring substituents is 1. The van der Waals surface area contributed by atoms with Gasteiger partial charge in [-0.1, -0.05) is 17.4 Å². The Morgan fingerprint density at radius 1 is 1.42 bits per heavy atom. The SMILES string of the molecule is COCCn1c(=NC(=O)c2cccs2)sc2ccc([N+](=O)[O-])cc21. The number of ether oxygens (including phenoxy) is 1. The Balaban J connectivity index is 2.15. The Morgan fingerprint density at radius 2 is 2.25 bits per heavy atom. The number of hydrogen-bond acceptors (Lipinski definition) is 6. The smallest absolute Gasteiger partial charge is 0.289 e. The van der Waals surface area contributed by atoms with E-state index in [4.69, 9.17) is 4.74 Å². The molecule has 0 unspecified atom stereocenters. The van der Waals surface area contributed by atoms with Crippen LogP contribution in [0, 0.1) is 10.1 Å². The molecule has 0 saturated heterocycles. The molecule has 124 valence electrons. The van der Waals surface area contributed by atoms with Gasteiger partial charge in [0.1, 0.15) is 0 Å². The van der Waals surface area contributed by atoms with E-state index < -0.39 is 4.92 Å². The molecule has 0 aliphatic carbocycles. The highest BCUT2D eigenvalue weighted by Crippen LogP contribution is 2.23. The zero-order valence-corrected chi connectivity index (χ0v) is 14.3. The van der Waals surface area contributed by atoms with Crippen molar-refractivity contribution in [2.45, 2.75) is 6.54 Å². The molecule has 1 amide bonds. The fourth-order valence-electron chi connectivity index (χ4n) is 2.20. The minimum atomic E-state index is -0.439. The van der Waals surface area contributed by atoms with Gasteiger partial charge in [-0.15, -0.1) is 11.3 Å². The van der Waals surface area contributed by atoms with Crippen molar-refractivity contribution in [2.24, 2.45) is 4.99 Å². The molecule has 1 aromatic carbocycles. The fraction of sp³-hybridized carbons (Fsp3) is 0.200. The van der Waals surface area contributed by atoms with Crippen LogP contribution in [0.3, 0.4) is 0 Å². The summed E-state index contributed by atoms with van der Waals surface area (Å²) in [6.45, 7) is 0.864. The second kappa shape index (κ2) is 7.04. The first kappa shape index (κ1) is 16.5. The summed E-state index contributed by atoms with van der Waals surface area (Å²) < 4.78 is 7.71. The van der Waals surface area contributed by atoms with Crippen LogP contribution < -0.4 is 4.80 Å². The average Bonchev–Trinajstić information content (AvgIpc) is 3.20. The molecule has 0 aliphatic rings. The number of carbonyl (C=O) groups is 1. The van der Waals surface area contributed by atoms with Crippen LogP contribution in [-0.2, 0) is 11.3 Å². The topological polar surface area (TPSA) is 86.7 Å². The summed E-state index contributed by atoms with van der Waals surface area (Å²) in [5, 5.41) is 12.8. The number of aromatic nitrogens is 1. The van der Waals surface area contributed by atoms with Gasteiger partial charge in [-0.2, -0.15) is 4.99 Å². The van der Waals surface area contributed by atoms with Gasteiger partial charge in [-0.25, -0.2) is 0 Å². The Kier molecular flexibility index (Phi) is 4.84. The second-order valence-corrected chi connectivity index (χ2v) is 6.79. The summed E-state index contributed by atoms with van der Waals surface area (Å²) in [6.07, 6.45) is 0. The van der Waals surface area contributed by atoms with Gasteiger partial charge in [0.15, 0.2) is 4.80 Å². The number of benzene rings is 1. The van der Waals surface area contributed by atoms with E-state index in [0.29, 0.717) is 28.3 Å². The number of methoxy groups -OCH3 is 1. The first-order valence-electron chi connectivity index (χ1n) is 6.99. The Labute approximate surface area is 144 Å². The molecule has 0 saturated carbocycles. The molecule has 2 aromatic heterocycles. The van der Waals surface area contributed by atoms with Gasteiger partial charge in [-0.3, -0.25) is 14.9 Å². The third kappa shape index (κ3) is 3.28. The molecule has 0 spiro atoms. The highest BCUT2D eigenvalue weighted by Gasteiger charge is 2.13. The molecule has 3 aromatic rings. The van der Waals surface area contributed by atoms with Crippen molar-refractivity contribution in [2.75, 3.05) is 13.7 Å². The van der Waals surface area contributed by atoms with Crippen molar-refractivity contribution >= 4 is 44.5 Å². The van der Waals surface area contributed by atoms with Gasteiger partial charge >= 0.3 is 0 Å². The van der Waals surface area contributed by atoms with Crippen molar-refractivity contribution in [1.82, 2.24) is 4.57 Å². The van der Waals surface area contributed by atoms with Crippen LogP contribution in [0.4, 0.5) is 5.69 Å². The molecule has 7 nitrogen and oxygen atoms in total. The molecule has 0 bridgehead atoms. The molecule has 2 heterocycles. The predicted octanol–water partition coefficient (Wildman–Crippen LogP) is 3.06. The molecule has 0 aliphatic heterocycles. The maximum atomic E-state index is 12.3. The molecule has 0 fully saturated rings. The van der Waals surface area contributed by atoms with Gasteiger partial charge in [0, 0.05) is 25.8 Å². The lowest BCUT2D eigenvalue weighted by Gasteiger charge is -2.04. The summed E-state index contributed by atoms with van der Waals surface area (Å²) in [4.78, 5) is 28.1. The van der Waals surface area contributed by atoms with E-state index in [0.717, 1.165) is 4.70 Å². The number of fused-ring (bicyclic) bond motifs is 1. The summed E-state index contributed by atoms with van der Waals surface area (Å²) in [7, 11) is 1.57. The normalized spacial score (nSPS) is 12.0. The standard InChI is InChI=1S/C15H13N3O4S2/c1-22-7-6-17-11-9-10(18(20)21)4-5-12(11)24-15(17)16-14(19)13-3-2-8-23-13/h2-5,8-9H,6-7H2,1H3. The van der Waals surface area contributed by atoms with Gasteiger partial charge in [0.2, 0.25) is 0 Å². The lowest BCUT2D eigenvalue weighted by Crippen LogP contribution is -2.19. The minimum Gasteiger partial charge on any atom is -0.383 e. The van der Waals surface area contributed by atoms with E-state index in [-0.39, 0.29) is 11.6 Å². The number of amides is 1. The number of thiophene rings is 1. The number of hydrogen-bond donors (Lipinski definition) is 0. The molecule has 9 heteroatoms. The maximum Gasteiger partial charge on any atom is 0.289 e. The number of rotatable bonds is 5. The van der Waals surface area contributed by atoms with Crippen molar-refractivity contribution in [1.29, 1.82) is 0 Å². The van der Waals surface area contributed by atoms with Gasteiger partial charge in [0.05, 0.1) is 26.6 Å².